The van der Waals surface area contributed by atoms with Crippen LogP contribution in [-0.2, 0) is 0 Å². The quantitative estimate of drug-likeness (QED) is 0.524. The summed E-state index contributed by atoms with van der Waals surface area (Å²) in [5, 5.41) is 0. The van der Waals surface area contributed by atoms with Crippen LogP contribution in [0.15, 0.2) is 4.99 Å². The van der Waals surface area contributed by atoms with E-state index in [4.69, 9.17) is 0 Å². The van der Waals surface area contributed by atoms with Crippen molar-refractivity contribution in [2.24, 2.45) is 10.4 Å². The van der Waals surface area contributed by atoms with E-state index in [1.54, 1.807) is 0 Å². The predicted molar refractivity (Wildman–Crippen MR) is 47.7 cm³/mol. The van der Waals surface area contributed by atoms with Gasteiger partial charge in [-0.2, -0.15) is 0 Å². The largest absolute Gasteiger partial charge is 0.295 e. The topological polar surface area (TPSA) is 12.4 Å². The van der Waals surface area contributed by atoms with Crippen LogP contribution >= 0.6 is 0 Å². The maximum Gasteiger partial charge on any atom is 0.0439 e. The first-order chi connectivity index (χ1) is 4.42. The molecule has 0 aromatic rings. The fourth-order valence-electron chi connectivity index (χ4n) is 0.537. The second-order valence-electron chi connectivity index (χ2n) is 4.19. The molecule has 0 fully saturated rings. The van der Waals surface area contributed by atoms with E-state index in [0.717, 1.165) is 6.42 Å². The van der Waals surface area contributed by atoms with Crippen molar-refractivity contribution in [1.29, 1.82) is 0 Å². The summed E-state index contributed by atoms with van der Waals surface area (Å²) in [7, 11) is 0. The molecule has 0 heterocycles. The van der Waals surface area contributed by atoms with Crippen LogP contribution in [0.5, 0.6) is 0 Å². The van der Waals surface area contributed by atoms with Gasteiger partial charge < -0.3 is 0 Å². The lowest BCUT2D eigenvalue weighted by molar-refractivity contribution is 0.437. The standard InChI is InChI=1S/C9H19N/c1-8(2)10-7-6-9(3,4)5/h7-8H,6H2,1-5H3. The van der Waals surface area contributed by atoms with Crippen LogP contribution in [-0.4, -0.2) is 12.3 Å². The van der Waals surface area contributed by atoms with Gasteiger partial charge in [0.2, 0.25) is 0 Å². The molecule has 60 valence electrons. The van der Waals surface area contributed by atoms with E-state index in [2.05, 4.69) is 39.6 Å². The van der Waals surface area contributed by atoms with E-state index >= 15 is 0 Å². The van der Waals surface area contributed by atoms with Crippen molar-refractivity contribution in [3.8, 4) is 0 Å². The molecule has 0 radical (unpaired) electrons. The molecule has 0 unspecified atom stereocenters. The van der Waals surface area contributed by atoms with E-state index in [1.807, 2.05) is 6.21 Å². The van der Waals surface area contributed by atoms with Gasteiger partial charge in [-0.1, -0.05) is 20.8 Å². The molecule has 1 heteroatoms. The molecule has 0 saturated carbocycles. The molecule has 0 aliphatic carbocycles. The van der Waals surface area contributed by atoms with Crippen molar-refractivity contribution < 1.29 is 0 Å². The predicted octanol–water partition coefficient (Wildman–Crippen LogP) is 2.90. The van der Waals surface area contributed by atoms with Gasteiger partial charge in [0.15, 0.2) is 0 Å². The summed E-state index contributed by atoms with van der Waals surface area (Å²) in [6.45, 7) is 10.9. The number of hydrogen-bond donors (Lipinski definition) is 0. The average Bonchev–Trinajstić information content (AvgIpc) is 1.59. The maximum atomic E-state index is 4.28. The molecule has 0 bridgehead atoms. The van der Waals surface area contributed by atoms with Gasteiger partial charge in [0.25, 0.3) is 0 Å². The minimum atomic E-state index is 0.387. The van der Waals surface area contributed by atoms with Crippen molar-refractivity contribution >= 4 is 6.21 Å². The lowest BCUT2D eigenvalue weighted by Crippen LogP contribution is -2.05. The SMILES string of the molecule is CC(C)N=CCC(C)(C)C. The fraction of sp³-hybridized carbons (Fsp3) is 0.889. The van der Waals surface area contributed by atoms with Gasteiger partial charge in [-0.25, -0.2) is 0 Å². The lowest BCUT2D eigenvalue weighted by Gasteiger charge is -2.14. The Balaban J connectivity index is 3.54. The molecule has 10 heavy (non-hydrogen) atoms. The summed E-state index contributed by atoms with van der Waals surface area (Å²) in [4.78, 5) is 4.28. The number of aliphatic imine (C=N–C) groups is 1. The third kappa shape index (κ3) is 7.67. The van der Waals surface area contributed by atoms with Gasteiger partial charge >= 0.3 is 0 Å². The highest BCUT2D eigenvalue weighted by atomic mass is 14.7. The minimum absolute atomic E-state index is 0.387. The third-order valence-corrected chi connectivity index (χ3v) is 1.11. The Morgan fingerprint density at radius 3 is 2.10 bits per heavy atom. The van der Waals surface area contributed by atoms with Crippen LogP contribution < -0.4 is 0 Å². The van der Waals surface area contributed by atoms with E-state index in [9.17, 15) is 0 Å². The molecule has 0 amide bonds. The van der Waals surface area contributed by atoms with Crippen molar-refractivity contribution in [2.75, 3.05) is 0 Å². The molecule has 0 atom stereocenters. The van der Waals surface area contributed by atoms with E-state index in [0.29, 0.717) is 11.5 Å². The Morgan fingerprint density at radius 2 is 1.80 bits per heavy atom. The van der Waals surface area contributed by atoms with Crippen LogP contribution in [0.25, 0.3) is 0 Å². The van der Waals surface area contributed by atoms with E-state index in [1.165, 1.54) is 0 Å². The summed E-state index contributed by atoms with van der Waals surface area (Å²) in [5.74, 6) is 0. The molecule has 0 aliphatic heterocycles. The zero-order chi connectivity index (χ0) is 8.20. The van der Waals surface area contributed by atoms with Crippen molar-refractivity contribution in [1.82, 2.24) is 0 Å². The Bertz CT molecular complexity index is 106. The first-order valence-electron chi connectivity index (χ1n) is 3.93. The molecule has 0 rings (SSSR count). The number of nitrogens with zero attached hydrogens (tertiary/aromatic N) is 1. The summed E-state index contributed by atoms with van der Waals surface area (Å²) >= 11 is 0. The first-order valence-corrected chi connectivity index (χ1v) is 3.93. The Kier molecular flexibility index (Phi) is 3.62. The Hall–Kier alpha value is -0.330. The van der Waals surface area contributed by atoms with Gasteiger partial charge in [-0.3, -0.25) is 4.99 Å². The van der Waals surface area contributed by atoms with Crippen molar-refractivity contribution in [2.45, 2.75) is 47.1 Å². The summed E-state index contributed by atoms with van der Waals surface area (Å²) in [5.41, 5.74) is 0.387. The molecule has 0 spiro atoms. The number of hydrogen-bond acceptors (Lipinski definition) is 1. The van der Waals surface area contributed by atoms with Gasteiger partial charge in [0, 0.05) is 6.04 Å². The molecular weight excluding hydrogens is 122 g/mol. The summed E-state index contributed by atoms with van der Waals surface area (Å²) in [6, 6.07) is 0.447. The molecule has 0 aromatic carbocycles. The third-order valence-electron chi connectivity index (χ3n) is 1.11. The average molecular weight is 141 g/mol. The normalized spacial score (nSPS) is 13.4. The van der Waals surface area contributed by atoms with Crippen LogP contribution in [0, 0.1) is 5.41 Å². The molecule has 1 nitrogen and oxygen atoms in total. The van der Waals surface area contributed by atoms with Crippen LogP contribution in [0.1, 0.15) is 41.0 Å². The van der Waals surface area contributed by atoms with Gasteiger partial charge in [-0.15, -0.1) is 0 Å². The highest BCUT2D eigenvalue weighted by Crippen LogP contribution is 2.16. The Morgan fingerprint density at radius 1 is 1.30 bits per heavy atom. The molecule has 0 aliphatic rings. The molecule has 0 saturated heterocycles. The second kappa shape index (κ2) is 3.75. The summed E-state index contributed by atoms with van der Waals surface area (Å²) in [6.07, 6.45) is 3.11. The highest BCUT2D eigenvalue weighted by molar-refractivity contribution is 5.58. The van der Waals surface area contributed by atoms with Crippen molar-refractivity contribution in [3.05, 3.63) is 0 Å². The minimum Gasteiger partial charge on any atom is -0.295 e. The van der Waals surface area contributed by atoms with Gasteiger partial charge in [0.05, 0.1) is 0 Å². The zero-order valence-electron chi connectivity index (χ0n) is 7.81. The van der Waals surface area contributed by atoms with Gasteiger partial charge in [-0.05, 0) is 31.9 Å². The van der Waals surface area contributed by atoms with E-state index < -0.39 is 0 Å². The Labute approximate surface area is 64.6 Å². The highest BCUT2D eigenvalue weighted by Gasteiger charge is 2.06. The zero-order valence-corrected chi connectivity index (χ0v) is 7.81. The van der Waals surface area contributed by atoms with Crippen LogP contribution in [0.4, 0.5) is 0 Å². The van der Waals surface area contributed by atoms with Gasteiger partial charge in [0.1, 0.15) is 0 Å². The molecule has 0 N–H and O–H groups in total. The summed E-state index contributed by atoms with van der Waals surface area (Å²) < 4.78 is 0. The van der Waals surface area contributed by atoms with Crippen LogP contribution in [0.3, 0.4) is 0 Å². The first kappa shape index (κ1) is 9.67. The molecular formula is C9H19N. The second-order valence-corrected chi connectivity index (χ2v) is 4.19. The lowest BCUT2D eigenvalue weighted by atomic mass is 9.93. The number of rotatable bonds is 2. The van der Waals surface area contributed by atoms with Crippen molar-refractivity contribution in [3.63, 3.8) is 0 Å². The monoisotopic (exact) mass is 141 g/mol. The van der Waals surface area contributed by atoms with E-state index in [-0.39, 0.29) is 0 Å². The fourth-order valence-corrected chi connectivity index (χ4v) is 0.537. The van der Waals surface area contributed by atoms with Crippen LogP contribution in [0.2, 0.25) is 0 Å². The smallest absolute Gasteiger partial charge is 0.0439 e. The maximum absolute atomic E-state index is 4.28. The molecule has 0 aromatic heterocycles.